The van der Waals surface area contributed by atoms with E-state index in [9.17, 15) is 8.78 Å². The predicted octanol–water partition coefficient (Wildman–Crippen LogP) is 3.01. The molecule has 108 valence electrons. The van der Waals surface area contributed by atoms with Crippen molar-refractivity contribution >= 4 is 0 Å². The third-order valence-corrected chi connectivity index (χ3v) is 2.65. The largest absolute Gasteiger partial charge is 0.434 e. The highest BCUT2D eigenvalue weighted by Gasteiger charge is 2.18. The van der Waals surface area contributed by atoms with Gasteiger partial charge in [-0.05, 0) is 25.6 Å². The molecule has 0 radical (unpaired) electrons. The lowest BCUT2D eigenvalue weighted by atomic mass is 10.2. The predicted molar refractivity (Wildman–Crippen MR) is 68.5 cm³/mol. The van der Waals surface area contributed by atoms with E-state index in [-0.39, 0.29) is 17.7 Å². The molecular weight excluding hydrogens is 268 g/mol. The van der Waals surface area contributed by atoms with Crippen LogP contribution >= 0.6 is 0 Å². The third-order valence-electron chi connectivity index (χ3n) is 2.65. The molecular formula is C13H15F2N3O2. The minimum absolute atomic E-state index is 0.00815. The quantitative estimate of drug-likeness (QED) is 0.883. The number of benzene rings is 1. The van der Waals surface area contributed by atoms with E-state index in [2.05, 4.69) is 20.3 Å². The van der Waals surface area contributed by atoms with Crippen LogP contribution in [0, 0.1) is 0 Å². The standard InChI is InChI=1S/C13H15F2N3O2/c1-3-16-8(2)11-17-18-12(20-11)9-6-4-5-7-10(9)19-13(14)15/h4-8,13,16H,3H2,1-2H3. The Labute approximate surface area is 115 Å². The number of hydrogen-bond acceptors (Lipinski definition) is 5. The second kappa shape index (κ2) is 6.42. The van der Waals surface area contributed by atoms with Crippen molar-refractivity contribution in [3.8, 4) is 17.2 Å². The van der Waals surface area contributed by atoms with Crippen LogP contribution in [0.25, 0.3) is 11.5 Å². The molecule has 5 nitrogen and oxygen atoms in total. The van der Waals surface area contributed by atoms with Crippen molar-refractivity contribution in [2.24, 2.45) is 0 Å². The molecule has 1 unspecified atom stereocenters. The van der Waals surface area contributed by atoms with Gasteiger partial charge in [-0.3, -0.25) is 0 Å². The number of aromatic nitrogens is 2. The second-order valence-electron chi connectivity index (χ2n) is 4.10. The lowest BCUT2D eigenvalue weighted by molar-refractivity contribution is -0.0495. The van der Waals surface area contributed by atoms with Gasteiger partial charge in [-0.1, -0.05) is 19.1 Å². The number of nitrogens with zero attached hydrogens (tertiary/aromatic N) is 2. The van der Waals surface area contributed by atoms with Gasteiger partial charge in [0.15, 0.2) is 0 Å². The summed E-state index contributed by atoms with van der Waals surface area (Å²) in [5.41, 5.74) is 0.343. The fourth-order valence-electron chi connectivity index (χ4n) is 1.75. The summed E-state index contributed by atoms with van der Waals surface area (Å²) in [5.74, 6) is 0.559. The fraction of sp³-hybridized carbons (Fsp3) is 0.385. The third kappa shape index (κ3) is 3.30. The first kappa shape index (κ1) is 14.4. The average molecular weight is 283 g/mol. The summed E-state index contributed by atoms with van der Waals surface area (Å²) in [4.78, 5) is 0. The summed E-state index contributed by atoms with van der Waals surface area (Å²) in [7, 11) is 0. The summed E-state index contributed by atoms with van der Waals surface area (Å²) in [6, 6.07) is 6.20. The van der Waals surface area contributed by atoms with Gasteiger partial charge in [-0.2, -0.15) is 8.78 Å². The van der Waals surface area contributed by atoms with Crippen LogP contribution < -0.4 is 10.1 Å². The number of ether oxygens (including phenoxy) is 1. The van der Waals surface area contributed by atoms with Crippen molar-refractivity contribution in [3.05, 3.63) is 30.2 Å². The maximum atomic E-state index is 12.4. The summed E-state index contributed by atoms with van der Waals surface area (Å²) in [6.07, 6.45) is 0. The molecule has 1 N–H and O–H groups in total. The Morgan fingerprint density at radius 3 is 2.75 bits per heavy atom. The lowest BCUT2D eigenvalue weighted by Crippen LogP contribution is -2.17. The minimum Gasteiger partial charge on any atom is -0.434 e. The van der Waals surface area contributed by atoms with Crippen LogP contribution in [0.1, 0.15) is 25.8 Å². The Morgan fingerprint density at radius 1 is 1.30 bits per heavy atom. The average Bonchev–Trinajstić information content (AvgIpc) is 2.88. The Bertz CT molecular complexity index is 560. The summed E-state index contributed by atoms with van der Waals surface area (Å²) in [5, 5.41) is 10.9. The molecule has 2 aromatic rings. The minimum atomic E-state index is -2.90. The van der Waals surface area contributed by atoms with Crippen LogP contribution in [0.5, 0.6) is 5.75 Å². The van der Waals surface area contributed by atoms with Crippen molar-refractivity contribution in [2.45, 2.75) is 26.5 Å². The molecule has 0 aliphatic carbocycles. The molecule has 1 aromatic heterocycles. The number of halogens is 2. The fourth-order valence-corrected chi connectivity index (χ4v) is 1.75. The zero-order chi connectivity index (χ0) is 14.5. The van der Waals surface area contributed by atoms with Crippen molar-refractivity contribution < 1.29 is 17.9 Å². The first-order valence-corrected chi connectivity index (χ1v) is 6.22. The van der Waals surface area contributed by atoms with Gasteiger partial charge in [0.05, 0.1) is 11.6 Å². The zero-order valence-electron chi connectivity index (χ0n) is 11.1. The highest BCUT2D eigenvalue weighted by atomic mass is 19.3. The molecule has 20 heavy (non-hydrogen) atoms. The number of hydrogen-bond donors (Lipinski definition) is 1. The zero-order valence-corrected chi connectivity index (χ0v) is 11.1. The molecule has 1 atom stereocenters. The van der Waals surface area contributed by atoms with Crippen LogP contribution in [0.3, 0.4) is 0 Å². The normalized spacial score (nSPS) is 12.7. The molecule has 1 heterocycles. The molecule has 0 bridgehead atoms. The molecule has 2 rings (SSSR count). The smallest absolute Gasteiger partial charge is 0.387 e. The number of rotatable bonds is 6. The van der Waals surface area contributed by atoms with Crippen LogP contribution in [-0.2, 0) is 0 Å². The Hall–Kier alpha value is -2.02. The molecule has 0 saturated carbocycles. The van der Waals surface area contributed by atoms with Crippen molar-refractivity contribution in [3.63, 3.8) is 0 Å². The first-order chi connectivity index (χ1) is 9.61. The van der Waals surface area contributed by atoms with Gasteiger partial charge in [0.25, 0.3) is 5.89 Å². The van der Waals surface area contributed by atoms with Crippen LogP contribution in [0.15, 0.2) is 28.7 Å². The van der Waals surface area contributed by atoms with Gasteiger partial charge in [-0.25, -0.2) is 0 Å². The number of alkyl halides is 2. The molecule has 0 spiro atoms. The summed E-state index contributed by atoms with van der Waals surface area (Å²) >= 11 is 0. The van der Waals surface area contributed by atoms with E-state index in [1.807, 2.05) is 13.8 Å². The molecule has 7 heteroatoms. The maximum absolute atomic E-state index is 12.4. The first-order valence-electron chi connectivity index (χ1n) is 6.22. The molecule has 0 fully saturated rings. The van der Waals surface area contributed by atoms with E-state index in [4.69, 9.17) is 4.42 Å². The molecule has 0 aliphatic rings. The molecule has 1 aromatic carbocycles. The molecule has 0 aliphatic heterocycles. The van der Waals surface area contributed by atoms with Gasteiger partial charge in [0, 0.05) is 0 Å². The topological polar surface area (TPSA) is 60.2 Å². The Balaban J connectivity index is 2.28. The summed E-state index contributed by atoms with van der Waals surface area (Å²) in [6.45, 7) is 1.69. The lowest BCUT2D eigenvalue weighted by Gasteiger charge is -2.08. The van der Waals surface area contributed by atoms with E-state index in [0.717, 1.165) is 6.54 Å². The van der Waals surface area contributed by atoms with E-state index in [1.54, 1.807) is 18.2 Å². The van der Waals surface area contributed by atoms with Crippen molar-refractivity contribution in [1.29, 1.82) is 0 Å². The van der Waals surface area contributed by atoms with Crippen LogP contribution in [0.4, 0.5) is 8.78 Å². The van der Waals surface area contributed by atoms with Crippen molar-refractivity contribution in [2.75, 3.05) is 6.54 Å². The van der Waals surface area contributed by atoms with E-state index in [1.165, 1.54) is 6.07 Å². The van der Waals surface area contributed by atoms with Gasteiger partial charge < -0.3 is 14.5 Å². The number of nitrogens with one attached hydrogen (secondary N) is 1. The van der Waals surface area contributed by atoms with Crippen LogP contribution in [0.2, 0.25) is 0 Å². The molecule has 0 saturated heterocycles. The highest BCUT2D eigenvalue weighted by molar-refractivity contribution is 5.62. The van der Waals surface area contributed by atoms with Gasteiger partial charge in [0.1, 0.15) is 5.75 Å². The van der Waals surface area contributed by atoms with E-state index < -0.39 is 6.61 Å². The Morgan fingerprint density at radius 2 is 2.05 bits per heavy atom. The van der Waals surface area contributed by atoms with Gasteiger partial charge >= 0.3 is 6.61 Å². The molecule has 0 amide bonds. The van der Waals surface area contributed by atoms with E-state index >= 15 is 0 Å². The maximum Gasteiger partial charge on any atom is 0.387 e. The monoisotopic (exact) mass is 283 g/mol. The second-order valence-corrected chi connectivity index (χ2v) is 4.10. The van der Waals surface area contributed by atoms with Crippen LogP contribution in [-0.4, -0.2) is 23.4 Å². The van der Waals surface area contributed by atoms with Gasteiger partial charge in [0.2, 0.25) is 5.89 Å². The SMILES string of the molecule is CCNC(C)c1nnc(-c2ccccc2OC(F)F)o1. The highest BCUT2D eigenvalue weighted by Crippen LogP contribution is 2.30. The number of para-hydroxylation sites is 1. The van der Waals surface area contributed by atoms with Crippen molar-refractivity contribution in [1.82, 2.24) is 15.5 Å². The van der Waals surface area contributed by atoms with E-state index in [0.29, 0.717) is 11.5 Å². The summed E-state index contributed by atoms with van der Waals surface area (Å²) < 4.78 is 34.6. The Kier molecular flexibility index (Phi) is 4.62. The van der Waals surface area contributed by atoms with Gasteiger partial charge in [-0.15, -0.1) is 10.2 Å².